The number of benzene rings is 1. The van der Waals surface area contributed by atoms with Gasteiger partial charge in [0.1, 0.15) is 0 Å². The average Bonchev–Trinajstić information content (AvgIpc) is 2.45. The number of hydrogen-bond acceptors (Lipinski definition) is 2. The van der Waals surface area contributed by atoms with E-state index < -0.39 is 0 Å². The molecule has 94 valence electrons. The maximum absolute atomic E-state index is 4.04. The van der Waals surface area contributed by atoms with Gasteiger partial charge in [-0.15, -0.1) is 0 Å². The van der Waals surface area contributed by atoms with Crippen molar-refractivity contribution in [3.05, 3.63) is 59.4 Å². The van der Waals surface area contributed by atoms with Gasteiger partial charge >= 0.3 is 0 Å². The smallest absolute Gasteiger partial charge is 0.0407 e. The lowest BCUT2D eigenvalue weighted by Gasteiger charge is -2.15. The molecule has 0 amide bonds. The fourth-order valence-electron chi connectivity index (χ4n) is 2.16. The highest BCUT2D eigenvalue weighted by atomic mass is 14.9. The molecule has 0 spiro atoms. The van der Waals surface area contributed by atoms with Gasteiger partial charge in [-0.2, -0.15) is 0 Å². The van der Waals surface area contributed by atoms with E-state index in [2.05, 4.69) is 42.3 Å². The molecule has 0 saturated heterocycles. The highest BCUT2D eigenvalue weighted by Gasteiger charge is 2.05. The third kappa shape index (κ3) is 2.89. The second-order valence-electron chi connectivity index (χ2n) is 4.37. The number of hydrogen-bond donors (Lipinski definition) is 1. The zero-order chi connectivity index (χ0) is 12.8. The number of pyridine rings is 1. The van der Waals surface area contributed by atoms with Crippen LogP contribution in [0.3, 0.4) is 0 Å². The SMILES string of the molecule is CCc1cccc(CC)c1NCc1ccncc1. The second kappa shape index (κ2) is 6.20. The molecule has 2 rings (SSSR count). The number of anilines is 1. The van der Waals surface area contributed by atoms with Crippen molar-refractivity contribution in [3.63, 3.8) is 0 Å². The molecule has 2 aromatic rings. The van der Waals surface area contributed by atoms with Crippen molar-refractivity contribution in [2.24, 2.45) is 0 Å². The summed E-state index contributed by atoms with van der Waals surface area (Å²) in [4.78, 5) is 4.04. The van der Waals surface area contributed by atoms with Crippen LogP contribution in [0.1, 0.15) is 30.5 Å². The summed E-state index contributed by atoms with van der Waals surface area (Å²) in [7, 11) is 0. The number of nitrogens with one attached hydrogen (secondary N) is 1. The summed E-state index contributed by atoms with van der Waals surface area (Å²) >= 11 is 0. The molecule has 1 aromatic heterocycles. The van der Waals surface area contributed by atoms with Crippen LogP contribution in [-0.4, -0.2) is 4.98 Å². The average molecular weight is 240 g/mol. The zero-order valence-electron chi connectivity index (χ0n) is 11.1. The first-order valence-electron chi connectivity index (χ1n) is 6.58. The van der Waals surface area contributed by atoms with Gasteiger partial charge in [0.15, 0.2) is 0 Å². The summed E-state index contributed by atoms with van der Waals surface area (Å²) in [5, 5.41) is 3.57. The van der Waals surface area contributed by atoms with E-state index >= 15 is 0 Å². The minimum atomic E-state index is 0.854. The first kappa shape index (κ1) is 12.6. The van der Waals surface area contributed by atoms with Crippen LogP contribution in [0.4, 0.5) is 5.69 Å². The molecule has 1 N–H and O–H groups in total. The number of aromatic nitrogens is 1. The lowest BCUT2D eigenvalue weighted by molar-refractivity contribution is 1.04. The summed E-state index contributed by atoms with van der Waals surface area (Å²) in [5.74, 6) is 0. The fraction of sp³-hybridized carbons (Fsp3) is 0.312. The van der Waals surface area contributed by atoms with Crippen molar-refractivity contribution in [2.45, 2.75) is 33.2 Å². The van der Waals surface area contributed by atoms with Gasteiger partial charge in [0.2, 0.25) is 0 Å². The summed E-state index contributed by atoms with van der Waals surface area (Å²) < 4.78 is 0. The molecule has 0 bridgehead atoms. The van der Waals surface area contributed by atoms with Crippen LogP contribution in [0.5, 0.6) is 0 Å². The van der Waals surface area contributed by atoms with Crippen LogP contribution in [-0.2, 0) is 19.4 Å². The van der Waals surface area contributed by atoms with Gasteiger partial charge in [0, 0.05) is 24.6 Å². The molecule has 1 heterocycles. The number of rotatable bonds is 5. The number of para-hydroxylation sites is 1. The van der Waals surface area contributed by atoms with Gasteiger partial charge in [-0.25, -0.2) is 0 Å². The standard InChI is InChI=1S/C16H20N2/c1-3-14-6-5-7-15(4-2)16(14)18-12-13-8-10-17-11-9-13/h5-11,18H,3-4,12H2,1-2H3. The molecule has 0 aliphatic rings. The number of aryl methyl sites for hydroxylation is 2. The van der Waals surface area contributed by atoms with E-state index in [1.807, 2.05) is 24.5 Å². The molecule has 0 saturated carbocycles. The highest BCUT2D eigenvalue weighted by Crippen LogP contribution is 2.23. The van der Waals surface area contributed by atoms with Gasteiger partial charge in [-0.3, -0.25) is 4.98 Å². The molecular weight excluding hydrogens is 220 g/mol. The molecule has 0 aliphatic carbocycles. The lowest BCUT2D eigenvalue weighted by atomic mass is 10.0. The fourth-order valence-corrected chi connectivity index (χ4v) is 2.16. The third-order valence-electron chi connectivity index (χ3n) is 3.22. The van der Waals surface area contributed by atoms with Crippen LogP contribution in [0, 0.1) is 0 Å². The first-order valence-corrected chi connectivity index (χ1v) is 6.58. The Balaban J connectivity index is 2.17. The quantitative estimate of drug-likeness (QED) is 0.859. The molecule has 0 fully saturated rings. The van der Waals surface area contributed by atoms with Gasteiger partial charge in [-0.1, -0.05) is 32.0 Å². The summed E-state index contributed by atoms with van der Waals surface area (Å²) in [5.41, 5.74) is 5.35. The molecule has 0 aliphatic heterocycles. The Bertz CT molecular complexity index is 469. The van der Waals surface area contributed by atoms with Crippen LogP contribution < -0.4 is 5.32 Å². The van der Waals surface area contributed by atoms with Gasteiger partial charge in [0.25, 0.3) is 0 Å². The van der Waals surface area contributed by atoms with E-state index in [9.17, 15) is 0 Å². The van der Waals surface area contributed by atoms with E-state index in [4.69, 9.17) is 0 Å². The Hall–Kier alpha value is -1.83. The van der Waals surface area contributed by atoms with Crippen molar-refractivity contribution in [1.82, 2.24) is 4.98 Å². The molecule has 0 unspecified atom stereocenters. The van der Waals surface area contributed by atoms with Crippen LogP contribution >= 0.6 is 0 Å². The minimum Gasteiger partial charge on any atom is -0.381 e. The highest BCUT2D eigenvalue weighted by molar-refractivity contribution is 5.58. The normalized spacial score (nSPS) is 10.3. The molecule has 1 aromatic carbocycles. The van der Waals surface area contributed by atoms with E-state index in [-0.39, 0.29) is 0 Å². The Morgan fingerprint density at radius 3 is 2.11 bits per heavy atom. The predicted molar refractivity (Wildman–Crippen MR) is 76.8 cm³/mol. The molecule has 18 heavy (non-hydrogen) atoms. The van der Waals surface area contributed by atoms with E-state index in [1.54, 1.807) is 0 Å². The van der Waals surface area contributed by atoms with Gasteiger partial charge in [-0.05, 0) is 41.7 Å². The van der Waals surface area contributed by atoms with Crippen LogP contribution in [0.15, 0.2) is 42.7 Å². The molecule has 2 heteroatoms. The first-order chi connectivity index (χ1) is 8.85. The Morgan fingerprint density at radius 2 is 1.56 bits per heavy atom. The maximum atomic E-state index is 4.04. The van der Waals surface area contributed by atoms with E-state index in [0.29, 0.717) is 0 Å². The summed E-state index contributed by atoms with van der Waals surface area (Å²) in [6, 6.07) is 10.7. The Kier molecular flexibility index (Phi) is 4.35. The lowest BCUT2D eigenvalue weighted by Crippen LogP contribution is -2.05. The summed E-state index contributed by atoms with van der Waals surface area (Å²) in [6.45, 7) is 5.26. The molecule has 2 nitrogen and oxygen atoms in total. The Labute approximate surface area is 109 Å². The second-order valence-corrected chi connectivity index (χ2v) is 4.37. The molecular formula is C16H20N2. The maximum Gasteiger partial charge on any atom is 0.0407 e. The summed E-state index contributed by atoms with van der Waals surface area (Å²) in [6.07, 6.45) is 5.80. The molecule has 0 radical (unpaired) electrons. The largest absolute Gasteiger partial charge is 0.381 e. The van der Waals surface area contributed by atoms with E-state index in [0.717, 1.165) is 19.4 Å². The topological polar surface area (TPSA) is 24.9 Å². The number of nitrogens with zero attached hydrogens (tertiary/aromatic N) is 1. The molecule has 0 atom stereocenters. The minimum absolute atomic E-state index is 0.854. The van der Waals surface area contributed by atoms with Crippen molar-refractivity contribution >= 4 is 5.69 Å². The van der Waals surface area contributed by atoms with Crippen LogP contribution in [0.25, 0.3) is 0 Å². The van der Waals surface area contributed by atoms with Gasteiger partial charge in [0.05, 0.1) is 0 Å². The predicted octanol–water partition coefficient (Wildman–Crippen LogP) is 3.82. The van der Waals surface area contributed by atoms with Crippen LogP contribution in [0.2, 0.25) is 0 Å². The van der Waals surface area contributed by atoms with Crippen molar-refractivity contribution in [3.8, 4) is 0 Å². The Morgan fingerprint density at radius 1 is 0.944 bits per heavy atom. The van der Waals surface area contributed by atoms with Gasteiger partial charge < -0.3 is 5.32 Å². The van der Waals surface area contributed by atoms with Crippen molar-refractivity contribution in [2.75, 3.05) is 5.32 Å². The van der Waals surface area contributed by atoms with Crippen molar-refractivity contribution in [1.29, 1.82) is 0 Å². The van der Waals surface area contributed by atoms with Crippen molar-refractivity contribution < 1.29 is 0 Å². The third-order valence-corrected chi connectivity index (χ3v) is 3.22. The van der Waals surface area contributed by atoms with E-state index in [1.165, 1.54) is 22.4 Å². The zero-order valence-corrected chi connectivity index (χ0v) is 11.1. The monoisotopic (exact) mass is 240 g/mol.